The van der Waals surface area contributed by atoms with Gasteiger partial charge in [0.1, 0.15) is 16.5 Å². The number of benzene rings is 2. The molecule has 1 fully saturated rings. The summed E-state index contributed by atoms with van der Waals surface area (Å²) in [6.07, 6.45) is 0. The lowest BCUT2D eigenvalue weighted by atomic mass is 10.1. The molecule has 158 valence electrons. The Morgan fingerprint density at radius 2 is 1.81 bits per heavy atom. The van der Waals surface area contributed by atoms with E-state index in [4.69, 9.17) is 16.6 Å². The number of halogens is 2. The number of aromatic nitrogens is 2. The van der Waals surface area contributed by atoms with E-state index in [1.54, 1.807) is 6.07 Å². The molecular formula is C23H20ClFN4OS. The maximum Gasteiger partial charge on any atom is 0.260 e. The van der Waals surface area contributed by atoms with Gasteiger partial charge in [-0.15, -0.1) is 11.3 Å². The fraction of sp³-hybridized carbons (Fsp3) is 0.217. The third-order valence-electron chi connectivity index (χ3n) is 5.59. The van der Waals surface area contributed by atoms with E-state index in [2.05, 4.69) is 14.8 Å². The average Bonchev–Trinajstić information content (AvgIpc) is 3.20. The Bertz CT molecular complexity index is 1280. The molecule has 5 rings (SSSR count). The highest BCUT2D eigenvalue weighted by Crippen LogP contribution is 2.31. The molecule has 8 heteroatoms. The van der Waals surface area contributed by atoms with E-state index >= 15 is 0 Å². The number of piperazine rings is 1. The van der Waals surface area contributed by atoms with Gasteiger partial charge in [0.05, 0.1) is 17.6 Å². The van der Waals surface area contributed by atoms with Gasteiger partial charge < -0.3 is 9.88 Å². The Balaban J connectivity index is 1.32. The molecule has 0 unspecified atom stereocenters. The van der Waals surface area contributed by atoms with E-state index in [9.17, 15) is 9.18 Å². The lowest BCUT2D eigenvalue weighted by Gasteiger charge is -2.35. The van der Waals surface area contributed by atoms with Crippen LogP contribution in [0.5, 0.6) is 0 Å². The van der Waals surface area contributed by atoms with E-state index in [0.29, 0.717) is 28.5 Å². The van der Waals surface area contributed by atoms with E-state index in [1.165, 1.54) is 17.4 Å². The van der Waals surface area contributed by atoms with Gasteiger partial charge in [-0.3, -0.25) is 9.69 Å². The standard InChI is InChI=1S/C23H20ClFN4OS/c24-16-7-5-15(6-8-16)17-14-31-23-21(17)22(30)26-20(27-23)13-28-9-11-29(12-10-28)19-4-2-1-3-18(19)25/h1-8,14H,9-13H2,(H,26,27,30). The Labute approximate surface area is 187 Å². The van der Waals surface area contributed by atoms with Crippen LogP contribution in [-0.4, -0.2) is 41.0 Å². The second-order valence-electron chi connectivity index (χ2n) is 7.56. The van der Waals surface area contributed by atoms with E-state index in [-0.39, 0.29) is 11.4 Å². The highest BCUT2D eigenvalue weighted by Gasteiger charge is 2.21. The number of thiophene rings is 1. The number of anilines is 1. The van der Waals surface area contributed by atoms with Crippen molar-refractivity contribution >= 4 is 38.8 Å². The zero-order valence-electron chi connectivity index (χ0n) is 16.6. The molecule has 5 nitrogen and oxygen atoms in total. The summed E-state index contributed by atoms with van der Waals surface area (Å²) in [5, 5.41) is 3.24. The minimum atomic E-state index is -0.193. The van der Waals surface area contributed by atoms with Crippen molar-refractivity contribution in [2.45, 2.75) is 6.54 Å². The number of hydrogen-bond acceptors (Lipinski definition) is 5. The molecule has 0 saturated carbocycles. The quantitative estimate of drug-likeness (QED) is 0.482. The number of para-hydroxylation sites is 1. The van der Waals surface area contributed by atoms with Crippen LogP contribution in [0.1, 0.15) is 5.82 Å². The molecule has 0 atom stereocenters. The summed E-state index contributed by atoms with van der Waals surface area (Å²) >= 11 is 7.45. The highest BCUT2D eigenvalue weighted by atomic mass is 35.5. The van der Waals surface area contributed by atoms with Crippen LogP contribution in [0.15, 0.2) is 58.7 Å². The smallest absolute Gasteiger partial charge is 0.260 e. The molecule has 0 spiro atoms. The lowest BCUT2D eigenvalue weighted by Crippen LogP contribution is -2.46. The first-order valence-electron chi connectivity index (χ1n) is 10.1. The number of H-pyrrole nitrogens is 1. The van der Waals surface area contributed by atoms with Gasteiger partial charge in [0.2, 0.25) is 0 Å². The minimum Gasteiger partial charge on any atom is -0.367 e. The molecule has 1 N–H and O–H groups in total. The van der Waals surface area contributed by atoms with Crippen molar-refractivity contribution in [3.05, 3.63) is 80.9 Å². The van der Waals surface area contributed by atoms with Crippen LogP contribution in [0.2, 0.25) is 5.02 Å². The summed E-state index contributed by atoms with van der Waals surface area (Å²) < 4.78 is 14.0. The molecule has 1 aliphatic rings. The Kier molecular flexibility index (Phi) is 5.48. The Morgan fingerprint density at radius 3 is 2.55 bits per heavy atom. The van der Waals surface area contributed by atoms with Crippen LogP contribution in [0.4, 0.5) is 10.1 Å². The van der Waals surface area contributed by atoms with Gasteiger partial charge in [0.25, 0.3) is 5.56 Å². The number of nitrogens with zero attached hydrogens (tertiary/aromatic N) is 3. The SMILES string of the molecule is O=c1[nH]c(CN2CCN(c3ccccc3F)CC2)nc2scc(-c3ccc(Cl)cc3)c12. The van der Waals surface area contributed by atoms with Crippen LogP contribution in [0.3, 0.4) is 0 Å². The number of aromatic amines is 1. The summed E-state index contributed by atoms with van der Waals surface area (Å²) in [6, 6.07) is 14.3. The Morgan fingerprint density at radius 1 is 1.06 bits per heavy atom. The van der Waals surface area contributed by atoms with E-state index in [1.807, 2.05) is 41.8 Å². The second-order valence-corrected chi connectivity index (χ2v) is 8.86. The average molecular weight is 455 g/mol. The van der Waals surface area contributed by atoms with Crippen LogP contribution >= 0.6 is 22.9 Å². The van der Waals surface area contributed by atoms with Crippen molar-refractivity contribution in [1.82, 2.24) is 14.9 Å². The van der Waals surface area contributed by atoms with Crippen LogP contribution < -0.4 is 10.5 Å². The van der Waals surface area contributed by atoms with Crippen LogP contribution in [-0.2, 0) is 6.54 Å². The lowest BCUT2D eigenvalue weighted by molar-refractivity contribution is 0.243. The fourth-order valence-electron chi connectivity index (χ4n) is 3.98. The molecule has 2 aromatic heterocycles. The van der Waals surface area contributed by atoms with Crippen LogP contribution in [0.25, 0.3) is 21.3 Å². The summed E-state index contributed by atoms with van der Waals surface area (Å²) in [5.41, 5.74) is 2.33. The molecule has 2 aromatic carbocycles. The first kappa shape index (κ1) is 20.2. The van der Waals surface area contributed by atoms with E-state index in [0.717, 1.165) is 42.1 Å². The zero-order chi connectivity index (χ0) is 21.4. The number of fused-ring (bicyclic) bond motifs is 1. The molecule has 0 radical (unpaired) electrons. The maximum atomic E-state index is 14.0. The van der Waals surface area contributed by atoms with Crippen molar-refractivity contribution < 1.29 is 4.39 Å². The van der Waals surface area contributed by atoms with Crippen molar-refractivity contribution in [3.63, 3.8) is 0 Å². The molecule has 0 amide bonds. The predicted octanol–water partition coefficient (Wildman–Crippen LogP) is 4.77. The monoisotopic (exact) mass is 454 g/mol. The Hall–Kier alpha value is -2.74. The first-order chi connectivity index (χ1) is 15.1. The van der Waals surface area contributed by atoms with Crippen molar-refractivity contribution in [2.24, 2.45) is 0 Å². The molecule has 4 aromatic rings. The summed E-state index contributed by atoms with van der Waals surface area (Å²) in [6.45, 7) is 3.57. The largest absolute Gasteiger partial charge is 0.367 e. The maximum absolute atomic E-state index is 14.0. The number of hydrogen-bond donors (Lipinski definition) is 1. The predicted molar refractivity (Wildman–Crippen MR) is 125 cm³/mol. The summed E-state index contributed by atoms with van der Waals surface area (Å²) in [7, 11) is 0. The van der Waals surface area contributed by atoms with Gasteiger partial charge in [-0.25, -0.2) is 9.37 Å². The topological polar surface area (TPSA) is 52.2 Å². The third-order valence-corrected chi connectivity index (χ3v) is 6.71. The molecule has 0 bridgehead atoms. The van der Waals surface area contributed by atoms with Gasteiger partial charge in [-0.05, 0) is 29.8 Å². The highest BCUT2D eigenvalue weighted by molar-refractivity contribution is 7.17. The molecule has 1 aliphatic heterocycles. The normalized spacial score (nSPS) is 15.0. The molecule has 0 aliphatic carbocycles. The first-order valence-corrected chi connectivity index (χ1v) is 11.3. The van der Waals surface area contributed by atoms with Gasteiger partial charge >= 0.3 is 0 Å². The summed E-state index contributed by atoms with van der Waals surface area (Å²) in [4.78, 5) is 25.5. The van der Waals surface area contributed by atoms with Gasteiger partial charge in [0.15, 0.2) is 0 Å². The van der Waals surface area contributed by atoms with Gasteiger partial charge in [-0.1, -0.05) is 35.9 Å². The number of rotatable bonds is 4. The van der Waals surface area contributed by atoms with Crippen LogP contribution in [0, 0.1) is 5.82 Å². The number of nitrogens with one attached hydrogen (secondary N) is 1. The van der Waals surface area contributed by atoms with Crippen molar-refractivity contribution in [2.75, 3.05) is 31.1 Å². The molecule has 3 heterocycles. The van der Waals surface area contributed by atoms with E-state index < -0.39 is 0 Å². The summed E-state index contributed by atoms with van der Waals surface area (Å²) in [5.74, 6) is 0.461. The van der Waals surface area contributed by atoms with Gasteiger partial charge in [-0.2, -0.15) is 0 Å². The minimum absolute atomic E-state index is 0.129. The van der Waals surface area contributed by atoms with Crippen molar-refractivity contribution in [3.8, 4) is 11.1 Å². The molecule has 31 heavy (non-hydrogen) atoms. The second kappa shape index (κ2) is 8.42. The fourth-order valence-corrected chi connectivity index (χ4v) is 5.07. The molecule has 1 saturated heterocycles. The van der Waals surface area contributed by atoms with Crippen molar-refractivity contribution in [1.29, 1.82) is 0 Å². The van der Waals surface area contributed by atoms with Gasteiger partial charge in [0, 0.05) is 42.1 Å². The molecular weight excluding hydrogens is 435 g/mol. The zero-order valence-corrected chi connectivity index (χ0v) is 18.2. The third kappa shape index (κ3) is 4.08.